The number of aromatic amines is 1. The summed E-state index contributed by atoms with van der Waals surface area (Å²) in [6, 6.07) is 4.16. The Morgan fingerprint density at radius 2 is 2.00 bits per heavy atom. The molecule has 13 heavy (non-hydrogen) atoms. The van der Waals surface area contributed by atoms with Crippen LogP contribution in [0, 0.1) is 0 Å². The number of fused-ring (bicyclic) bond motifs is 1. The van der Waals surface area contributed by atoms with Crippen molar-refractivity contribution in [3.8, 4) is 0 Å². The summed E-state index contributed by atoms with van der Waals surface area (Å²) < 4.78 is 0. The van der Waals surface area contributed by atoms with Crippen molar-refractivity contribution in [2.75, 3.05) is 0 Å². The fraction of sp³-hybridized carbons (Fsp3) is 0.364. The highest BCUT2D eigenvalue weighted by atomic mass is 14.7. The maximum absolute atomic E-state index is 4.42. The number of H-pyrrole nitrogens is 1. The third-order valence-corrected chi connectivity index (χ3v) is 1.84. The van der Waals surface area contributed by atoms with Crippen LogP contribution in [0.15, 0.2) is 24.5 Å². The number of rotatable bonds is 1. The first-order chi connectivity index (χ1) is 6.40. The van der Waals surface area contributed by atoms with Crippen LogP contribution in [0.3, 0.4) is 0 Å². The smallest absolute Gasteiger partial charge is 0.0879 e. The first kappa shape index (κ1) is 9.78. The van der Waals surface area contributed by atoms with Gasteiger partial charge in [0.1, 0.15) is 0 Å². The molecule has 0 saturated carbocycles. The Morgan fingerprint density at radius 1 is 1.23 bits per heavy atom. The molecule has 2 heteroatoms. The van der Waals surface area contributed by atoms with Gasteiger partial charge in [-0.1, -0.05) is 20.8 Å². The number of nitrogens with one attached hydrogen (secondary N) is 1. The fourth-order valence-corrected chi connectivity index (χ4v) is 1.17. The zero-order valence-electron chi connectivity index (χ0n) is 8.46. The normalized spacial score (nSPS) is 9.46. The van der Waals surface area contributed by atoms with E-state index in [1.807, 2.05) is 26.2 Å². The summed E-state index contributed by atoms with van der Waals surface area (Å²) in [5, 5.41) is 1.18. The van der Waals surface area contributed by atoms with Crippen molar-refractivity contribution in [2.24, 2.45) is 0 Å². The van der Waals surface area contributed by atoms with Crippen LogP contribution < -0.4 is 0 Å². The summed E-state index contributed by atoms with van der Waals surface area (Å²) in [7, 11) is 0. The third kappa shape index (κ3) is 2.08. The van der Waals surface area contributed by atoms with Crippen molar-refractivity contribution in [3.63, 3.8) is 0 Å². The molecule has 0 spiro atoms. The van der Waals surface area contributed by atoms with E-state index in [9.17, 15) is 0 Å². The second-order valence-electron chi connectivity index (χ2n) is 2.59. The molecule has 0 amide bonds. The lowest BCUT2D eigenvalue weighted by Crippen LogP contribution is -1.84. The highest BCUT2D eigenvalue weighted by Gasteiger charge is 1.95. The van der Waals surface area contributed by atoms with Gasteiger partial charge in [-0.05, 0) is 18.6 Å². The molecular formula is C11H16N2. The average Bonchev–Trinajstić information content (AvgIpc) is 2.67. The van der Waals surface area contributed by atoms with E-state index in [0.717, 1.165) is 17.6 Å². The summed E-state index contributed by atoms with van der Waals surface area (Å²) in [5.74, 6) is 0. The third-order valence-electron chi connectivity index (χ3n) is 1.84. The van der Waals surface area contributed by atoms with Gasteiger partial charge in [-0.15, -0.1) is 0 Å². The van der Waals surface area contributed by atoms with E-state index in [0.29, 0.717) is 0 Å². The lowest BCUT2D eigenvalue weighted by atomic mass is 10.2. The van der Waals surface area contributed by atoms with E-state index < -0.39 is 0 Å². The molecule has 0 bridgehead atoms. The van der Waals surface area contributed by atoms with Gasteiger partial charge < -0.3 is 4.98 Å². The molecule has 2 rings (SSSR count). The highest BCUT2D eigenvalue weighted by molar-refractivity contribution is 5.77. The van der Waals surface area contributed by atoms with E-state index in [1.54, 1.807) is 0 Å². The van der Waals surface area contributed by atoms with Gasteiger partial charge in [-0.3, -0.25) is 4.98 Å². The Hall–Kier alpha value is -1.31. The summed E-state index contributed by atoms with van der Waals surface area (Å²) in [6.07, 6.45) is 4.89. The van der Waals surface area contributed by atoms with Gasteiger partial charge >= 0.3 is 0 Å². The highest BCUT2D eigenvalue weighted by Crippen LogP contribution is 2.10. The first-order valence-electron chi connectivity index (χ1n) is 4.82. The fourth-order valence-electron chi connectivity index (χ4n) is 1.17. The zero-order valence-corrected chi connectivity index (χ0v) is 8.46. The second-order valence-corrected chi connectivity index (χ2v) is 2.59. The van der Waals surface area contributed by atoms with Crippen molar-refractivity contribution in [3.05, 3.63) is 30.2 Å². The van der Waals surface area contributed by atoms with Crippen LogP contribution in [0.2, 0.25) is 0 Å². The number of nitrogens with zero attached hydrogens (tertiary/aromatic N) is 1. The van der Waals surface area contributed by atoms with Gasteiger partial charge in [0, 0.05) is 23.5 Å². The SMILES string of the molecule is CC.CCc1ccc2c[nH]cc2n1. The minimum absolute atomic E-state index is 1.00. The van der Waals surface area contributed by atoms with Crippen LogP contribution in [0.1, 0.15) is 26.5 Å². The molecule has 0 aliphatic heterocycles. The number of hydrogen-bond acceptors (Lipinski definition) is 1. The van der Waals surface area contributed by atoms with Crippen LogP contribution in [0.25, 0.3) is 10.9 Å². The average molecular weight is 176 g/mol. The van der Waals surface area contributed by atoms with Crippen LogP contribution >= 0.6 is 0 Å². The van der Waals surface area contributed by atoms with E-state index in [2.05, 4.69) is 29.0 Å². The molecule has 2 heterocycles. The number of pyridine rings is 1. The largest absolute Gasteiger partial charge is 0.365 e. The Kier molecular flexibility index (Phi) is 3.50. The van der Waals surface area contributed by atoms with Crippen LogP contribution in [0.4, 0.5) is 0 Å². The summed E-state index contributed by atoms with van der Waals surface area (Å²) >= 11 is 0. The Bertz CT molecular complexity index is 363. The molecule has 0 aliphatic carbocycles. The summed E-state index contributed by atoms with van der Waals surface area (Å²) in [5.41, 5.74) is 2.21. The zero-order chi connectivity index (χ0) is 9.68. The monoisotopic (exact) mass is 176 g/mol. The number of aryl methyl sites for hydroxylation is 1. The molecule has 0 unspecified atom stereocenters. The molecule has 0 aromatic carbocycles. The molecule has 2 aromatic heterocycles. The van der Waals surface area contributed by atoms with E-state index in [-0.39, 0.29) is 0 Å². The molecule has 0 fully saturated rings. The van der Waals surface area contributed by atoms with Gasteiger partial charge in [0.2, 0.25) is 0 Å². The van der Waals surface area contributed by atoms with Crippen LogP contribution in [-0.2, 0) is 6.42 Å². The standard InChI is InChI=1S/C9H10N2.C2H6/c1-2-8-4-3-7-5-10-6-9(7)11-8;1-2/h3-6,10H,2H2,1H3;1-2H3. The van der Waals surface area contributed by atoms with E-state index >= 15 is 0 Å². The first-order valence-corrected chi connectivity index (χ1v) is 4.82. The molecule has 2 aromatic rings. The van der Waals surface area contributed by atoms with Gasteiger partial charge in [0.25, 0.3) is 0 Å². The maximum Gasteiger partial charge on any atom is 0.0879 e. The van der Waals surface area contributed by atoms with Crippen molar-refractivity contribution >= 4 is 10.9 Å². The van der Waals surface area contributed by atoms with Crippen LogP contribution in [0.5, 0.6) is 0 Å². The van der Waals surface area contributed by atoms with Gasteiger partial charge in [0.05, 0.1) is 5.52 Å². The molecule has 1 N–H and O–H groups in total. The maximum atomic E-state index is 4.42. The molecular weight excluding hydrogens is 160 g/mol. The topological polar surface area (TPSA) is 28.7 Å². The van der Waals surface area contributed by atoms with Crippen molar-refractivity contribution < 1.29 is 0 Å². The Morgan fingerprint density at radius 3 is 2.69 bits per heavy atom. The second kappa shape index (κ2) is 4.65. The minimum Gasteiger partial charge on any atom is -0.365 e. The van der Waals surface area contributed by atoms with Crippen molar-refractivity contribution in [1.82, 2.24) is 9.97 Å². The quantitative estimate of drug-likeness (QED) is 0.710. The molecule has 0 aliphatic rings. The van der Waals surface area contributed by atoms with Crippen LogP contribution in [-0.4, -0.2) is 9.97 Å². The number of hydrogen-bond donors (Lipinski definition) is 1. The van der Waals surface area contributed by atoms with Crippen molar-refractivity contribution in [1.29, 1.82) is 0 Å². The Labute approximate surface area is 79.0 Å². The lowest BCUT2D eigenvalue weighted by Gasteiger charge is -1.93. The molecule has 0 saturated heterocycles. The molecule has 2 nitrogen and oxygen atoms in total. The Balaban J connectivity index is 0.000000396. The summed E-state index contributed by atoms with van der Waals surface area (Å²) in [6.45, 7) is 6.11. The summed E-state index contributed by atoms with van der Waals surface area (Å²) in [4.78, 5) is 7.45. The van der Waals surface area contributed by atoms with Gasteiger partial charge in [-0.25, -0.2) is 0 Å². The molecule has 0 radical (unpaired) electrons. The minimum atomic E-state index is 1.00. The number of aromatic nitrogens is 2. The predicted molar refractivity (Wildman–Crippen MR) is 56.8 cm³/mol. The van der Waals surface area contributed by atoms with Gasteiger partial charge in [0.15, 0.2) is 0 Å². The van der Waals surface area contributed by atoms with E-state index in [4.69, 9.17) is 0 Å². The molecule has 0 atom stereocenters. The van der Waals surface area contributed by atoms with Crippen molar-refractivity contribution in [2.45, 2.75) is 27.2 Å². The molecule has 70 valence electrons. The van der Waals surface area contributed by atoms with E-state index in [1.165, 1.54) is 5.39 Å². The predicted octanol–water partition coefficient (Wildman–Crippen LogP) is 3.15. The lowest BCUT2D eigenvalue weighted by molar-refractivity contribution is 1.06. The van der Waals surface area contributed by atoms with Gasteiger partial charge in [-0.2, -0.15) is 0 Å².